The first kappa shape index (κ1) is 16.5. The maximum absolute atomic E-state index is 12.7. The van der Waals surface area contributed by atoms with Gasteiger partial charge < -0.3 is 9.64 Å². The van der Waals surface area contributed by atoms with Crippen molar-refractivity contribution in [2.24, 2.45) is 0 Å². The van der Waals surface area contributed by atoms with Gasteiger partial charge in [-0.15, -0.1) is 11.8 Å². The highest BCUT2D eigenvalue weighted by molar-refractivity contribution is 7.99. The minimum absolute atomic E-state index is 0.0245. The number of carbonyl (C=O) groups excluding carboxylic acids is 2. The van der Waals surface area contributed by atoms with Gasteiger partial charge in [0.2, 0.25) is 5.91 Å². The van der Waals surface area contributed by atoms with Crippen LogP contribution in [-0.2, 0) is 14.3 Å². The number of rotatable bonds is 7. The summed E-state index contributed by atoms with van der Waals surface area (Å²) in [4.78, 5) is 25.2. The molecule has 20 heavy (non-hydrogen) atoms. The second kappa shape index (κ2) is 8.58. The van der Waals surface area contributed by atoms with E-state index < -0.39 is 0 Å². The summed E-state index contributed by atoms with van der Waals surface area (Å²) in [5.74, 6) is -0.00523. The average Bonchev–Trinajstić information content (AvgIpc) is 2.46. The van der Waals surface area contributed by atoms with E-state index in [0.717, 1.165) is 4.90 Å². The zero-order valence-corrected chi connectivity index (χ0v) is 12.4. The van der Waals surface area contributed by atoms with E-state index in [9.17, 15) is 14.0 Å². The van der Waals surface area contributed by atoms with Crippen LogP contribution < -0.4 is 0 Å². The minimum atomic E-state index is -0.328. The van der Waals surface area contributed by atoms with Crippen molar-refractivity contribution >= 4 is 23.6 Å². The molecule has 1 amide bonds. The Labute approximate surface area is 122 Å². The first-order valence-electron chi connectivity index (χ1n) is 6.22. The number of benzene rings is 1. The molecule has 0 heterocycles. The second-order valence-electron chi connectivity index (χ2n) is 4.19. The van der Waals surface area contributed by atoms with E-state index in [1.165, 1.54) is 35.9 Å². The Morgan fingerprint density at radius 2 is 1.90 bits per heavy atom. The molecule has 0 N–H and O–H groups in total. The van der Waals surface area contributed by atoms with E-state index in [4.69, 9.17) is 0 Å². The lowest BCUT2D eigenvalue weighted by Crippen LogP contribution is -2.29. The quantitative estimate of drug-likeness (QED) is 0.572. The molecule has 0 spiro atoms. The average molecular weight is 299 g/mol. The summed E-state index contributed by atoms with van der Waals surface area (Å²) in [5.41, 5.74) is 0. The Morgan fingerprint density at radius 3 is 2.50 bits per heavy atom. The lowest BCUT2D eigenvalue weighted by atomic mass is 10.3. The molecule has 0 fully saturated rings. The molecule has 0 aromatic heterocycles. The van der Waals surface area contributed by atoms with Gasteiger partial charge >= 0.3 is 5.97 Å². The molecule has 0 aliphatic rings. The van der Waals surface area contributed by atoms with Crippen molar-refractivity contribution in [1.29, 1.82) is 0 Å². The molecule has 1 aromatic carbocycles. The lowest BCUT2D eigenvalue weighted by Gasteiger charge is -2.16. The predicted molar refractivity (Wildman–Crippen MR) is 76.0 cm³/mol. The van der Waals surface area contributed by atoms with Crippen LogP contribution in [0.1, 0.15) is 12.8 Å². The Hall–Kier alpha value is -1.56. The van der Waals surface area contributed by atoms with Gasteiger partial charge in [0, 0.05) is 30.7 Å². The topological polar surface area (TPSA) is 46.6 Å². The molecular formula is C14H18FNO3S. The summed E-state index contributed by atoms with van der Waals surface area (Å²) in [6.45, 7) is 0.354. The number of amides is 1. The standard InChI is InChI=1S/C14H18FNO3S/c1-16(9-7-14(18)19-2)13(17)8-10-20-12-5-3-11(15)4-6-12/h3-6H,7-10H2,1-2H3. The fourth-order valence-electron chi connectivity index (χ4n) is 1.46. The van der Waals surface area contributed by atoms with Crippen LogP contribution in [0.15, 0.2) is 29.2 Å². The molecule has 0 radical (unpaired) electrons. The van der Waals surface area contributed by atoms with Gasteiger partial charge in [-0.3, -0.25) is 9.59 Å². The molecule has 6 heteroatoms. The number of carbonyl (C=O) groups is 2. The lowest BCUT2D eigenvalue weighted by molar-refractivity contribution is -0.141. The molecule has 0 unspecified atom stereocenters. The van der Waals surface area contributed by atoms with Gasteiger partial charge in [-0.1, -0.05) is 0 Å². The molecule has 0 aliphatic heterocycles. The summed E-state index contributed by atoms with van der Waals surface area (Å²) >= 11 is 1.50. The molecule has 1 rings (SSSR count). The van der Waals surface area contributed by atoms with Crippen LogP contribution in [0.25, 0.3) is 0 Å². The molecule has 0 bridgehead atoms. The van der Waals surface area contributed by atoms with Crippen LogP contribution in [0.3, 0.4) is 0 Å². The van der Waals surface area contributed by atoms with Crippen molar-refractivity contribution in [2.45, 2.75) is 17.7 Å². The monoisotopic (exact) mass is 299 g/mol. The van der Waals surface area contributed by atoms with Crippen LogP contribution in [-0.4, -0.2) is 43.2 Å². The van der Waals surface area contributed by atoms with E-state index >= 15 is 0 Å². The summed E-state index contributed by atoms with van der Waals surface area (Å²) in [6.07, 6.45) is 0.573. The number of esters is 1. The van der Waals surface area contributed by atoms with Crippen molar-refractivity contribution in [2.75, 3.05) is 26.5 Å². The number of nitrogens with zero attached hydrogens (tertiary/aromatic N) is 1. The zero-order chi connectivity index (χ0) is 15.0. The van der Waals surface area contributed by atoms with Gasteiger partial charge in [-0.2, -0.15) is 0 Å². The van der Waals surface area contributed by atoms with E-state index in [-0.39, 0.29) is 24.1 Å². The van der Waals surface area contributed by atoms with Crippen LogP contribution in [0.5, 0.6) is 0 Å². The third kappa shape index (κ3) is 6.06. The molecule has 0 atom stereocenters. The maximum Gasteiger partial charge on any atom is 0.307 e. The Bertz CT molecular complexity index is 450. The van der Waals surface area contributed by atoms with Gasteiger partial charge in [0.25, 0.3) is 0 Å². The summed E-state index contributed by atoms with van der Waals surface area (Å²) in [5, 5.41) is 0. The Kier molecular flexibility index (Phi) is 7.08. The van der Waals surface area contributed by atoms with E-state index in [1.807, 2.05) is 0 Å². The van der Waals surface area contributed by atoms with Crippen molar-refractivity contribution < 1.29 is 18.7 Å². The fourth-order valence-corrected chi connectivity index (χ4v) is 2.30. The molecule has 110 valence electrons. The third-order valence-electron chi connectivity index (χ3n) is 2.70. The third-order valence-corrected chi connectivity index (χ3v) is 3.72. The molecular weight excluding hydrogens is 281 g/mol. The Balaban J connectivity index is 2.25. The maximum atomic E-state index is 12.7. The van der Waals surface area contributed by atoms with Crippen LogP contribution in [0.4, 0.5) is 4.39 Å². The van der Waals surface area contributed by atoms with Crippen LogP contribution in [0.2, 0.25) is 0 Å². The second-order valence-corrected chi connectivity index (χ2v) is 5.36. The number of hydrogen-bond acceptors (Lipinski definition) is 4. The summed E-state index contributed by atoms with van der Waals surface area (Å²) < 4.78 is 17.2. The normalized spacial score (nSPS) is 10.2. The molecule has 0 saturated carbocycles. The van der Waals surface area contributed by atoms with Gasteiger partial charge in [0.15, 0.2) is 0 Å². The summed E-state index contributed by atoms with van der Waals surface area (Å²) in [6, 6.07) is 6.16. The van der Waals surface area contributed by atoms with Crippen molar-refractivity contribution in [3.8, 4) is 0 Å². The predicted octanol–water partition coefficient (Wildman–Crippen LogP) is 2.33. The number of ether oxygens (including phenoxy) is 1. The van der Waals surface area contributed by atoms with Gasteiger partial charge in [-0.25, -0.2) is 4.39 Å². The van der Waals surface area contributed by atoms with E-state index in [1.54, 1.807) is 19.2 Å². The fraction of sp³-hybridized carbons (Fsp3) is 0.429. The number of halogens is 1. The van der Waals surface area contributed by atoms with Crippen LogP contribution >= 0.6 is 11.8 Å². The largest absolute Gasteiger partial charge is 0.469 e. The van der Waals surface area contributed by atoms with Crippen LogP contribution in [0, 0.1) is 5.82 Å². The molecule has 0 aliphatic carbocycles. The first-order valence-corrected chi connectivity index (χ1v) is 7.20. The van der Waals surface area contributed by atoms with Crippen molar-refractivity contribution in [3.05, 3.63) is 30.1 Å². The highest BCUT2D eigenvalue weighted by Gasteiger charge is 2.10. The molecule has 4 nitrogen and oxygen atoms in total. The number of hydrogen-bond donors (Lipinski definition) is 0. The van der Waals surface area contributed by atoms with E-state index in [2.05, 4.69) is 4.74 Å². The summed E-state index contributed by atoms with van der Waals surface area (Å²) in [7, 11) is 2.98. The van der Waals surface area contributed by atoms with E-state index in [0.29, 0.717) is 18.7 Å². The highest BCUT2D eigenvalue weighted by atomic mass is 32.2. The van der Waals surface area contributed by atoms with Gasteiger partial charge in [-0.05, 0) is 24.3 Å². The zero-order valence-electron chi connectivity index (χ0n) is 11.6. The van der Waals surface area contributed by atoms with Crippen molar-refractivity contribution in [3.63, 3.8) is 0 Å². The van der Waals surface area contributed by atoms with Crippen molar-refractivity contribution in [1.82, 2.24) is 4.90 Å². The molecule has 0 saturated heterocycles. The number of methoxy groups -OCH3 is 1. The molecule has 1 aromatic rings. The van der Waals surface area contributed by atoms with Gasteiger partial charge in [0.05, 0.1) is 13.5 Å². The first-order chi connectivity index (χ1) is 9.52. The smallest absolute Gasteiger partial charge is 0.307 e. The minimum Gasteiger partial charge on any atom is -0.469 e. The highest BCUT2D eigenvalue weighted by Crippen LogP contribution is 2.19. The number of thioether (sulfide) groups is 1. The van der Waals surface area contributed by atoms with Gasteiger partial charge in [0.1, 0.15) is 5.82 Å². The SMILES string of the molecule is COC(=O)CCN(C)C(=O)CCSc1ccc(F)cc1. The Morgan fingerprint density at radius 1 is 1.25 bits per heavy atom.